The number of methoxy groups -OCH3 is 1. The lowest BCUT2D eigenvalue weighted by atomic mass is 10.1. The highest BCUT2D eigenvalue weighted by molar-refractivity contribution is 5.56. The zero-order valence-electron chi connectivity index (χ0n) is 15.3. The summed E-state index contributed by atoms with van der Waals surface area (Å²) in [7, 11) is 3.62. The van der Waals surface area contributed by atoms with Crippen LogP contribution >= 0.6 is 0 Å². The maximum atomic E-state index is 10.7. The molecule has 0 radical (unpaired) electrons. The number of non-ortho nitro benzene ring substituents is 1. The van der Waals surface area contributed by atoms with Crippen LogP contribution in [0.4, 0.5) is 5.69 Å². The number of nitro benzene ring substituents is 1. The van der Waals surface area contributed by atoms with Gasteiger partial charge in [0.25, 0.3) is 5.69 Å². The Morgan fingerprint density at radius 1 is 1.22 bits per heavy atom. The van der Waals surface area contributed by atoms with E-state index in [4.69, 9.17) is 9.26 Å². The van der Waals surface area contributed by atoms with Gasteiger partial charge in [-0.2, -0.15) is 4.98 Å². The molecule has 3 rings (SSSR count). The Morgan fingerprint density at radius 2 is 1.93 bits per heavy atom. The fraction of sp³-hybridized carbons (Fsp3) is 0.263. The maximum absolute atomic E-state index is 10.7. The van der Waals surface area contributed by atoms with Gasteiger partial charge < -0.3 is 9.26 Å². The highest BCUT2D eigenvalue weighted by Crippen LogP contribution is 2.29. The average Bonchev–Trinajstić information content (AvgIpc) is 3.15. The number of rotatable bonds is 7. The first kappa shape index (κ1) is 18.5. The summed E-state index contributed by atoms with van der Waals surface area (Å²) >= 11 is 0. The van der Waals surface area contributed by atoms with Crippen molar-refractivity contribution in [1.29, 1.82) is 0 Å². The van der Waals surface area contributed by atoms with Gasteiger partial charge >= 0.3 is 0 Å². The van der Waals surface area contributed by atoms with E-state index in [9.17, 15) is 10.1 Å². The molecule has 1 heterocycles. The molecule has 0 saturated heterocycles. The lowest BCUT2D eigenvalue weighted by Crippen LogP contribution is -2.22. The Bertz CT molecular complexity index is 923. The zero-order valence-corrected chi connectivity index (χ0v) is 15.3. The second-order valence-corrected chi connectivity index (χ2v) is 6.15. The van der Waals surface area contributed by atoms with Crippen LogP contribution in [0.15, 0.2) is 53.1 Å². The molecule has 8 heteroatoms. The molecule has 140 valence electrons. The lowest BCUT2D eigenvalue weighted by molar-refractivity contribution is -0.384. The van der Waals surface area contributed by atoms with Crippen molar-refractivity contribution in [3.8, 4) is 17.1 Å². The largest absolute Gasteiger partial charge is 0.496 e. The number of aromatic nitrogens is 2. The minimum absolute atomic E-state index is 0.0211. The van der Waals surface area contributed by atoms with E-state index >= 15 is 0 Å². The molecule has 0 N–H and O–H groups in total. The van der Waals surface area contributed by atoms with Gasteiger partial charge in [-0.15, -0.1) is 0 Å². The van der Waals surface area contributed by atoms with Crippen LogP contribution in [-0.2, 0) is 6.54 Å². The lowest BCUT2D eigenvalue weighted by Gasteiger charge is -2.24. The molecule has 0 bridgehead atoms. The third-order valence-corrected chi connectivity index (χ3v) is 4.44. The molecule has 0 aliphatic heterocycles. The van der Waals surface area contributed by atoms with Gasteiger partial charge in [-0.3, -0.25) is 15.0 Å². The van der Waals surface area contributed by atoms with E-state index in [1.54, 1.807) is 19.2 Å². The molecule has 8 nitrogen and oxygen atoms in total. The quantitative estimate of drug-likeness (QED) is 0.462. The summed E-state index contributed by atoms with van der Waals surface area (Å²) in [6.45, 7) is 2.53. The molecule has 0 fully saturated rings. The van der Waals surface area contributed by atoms with Crippen molar-refractivity contribution >= 4 is 5.69 Å². The second-order valence-electron chi connectivity index (χ2n) is 6.15. The van der Waals surface area contributed by atoms with Gasteiger partial charge in [-0.25, -0.2) is 0 Å². The van der Waals surface area contributed by atoms with Crippen LogP contribution in [0.2, 0.25) is 0 Å². The Labute approximate surface area is 156 Å². The summed E-state index contributed by atoms with van der Waals surface area (Å²) in [5.41, 5.74) is 1.75. The van der Waals surface area contributed by atoms with Gasteiger partial charge in [0, 0.05) is 29.3 Å². The van der Waals surface area contributed by atoms with Crippen molar-refractivity contribution in [3.05, 3.63) is 70.1 Å². The van der Waals surface area contributed by atoms with Crippen LogP contribution < -0.4 is 4.74 Å². The monoisotopic (exact) mass is 368 g/mol. The summed E-state index contributed by atoms with van der Waals surface area (Å²) in [5.74, 6) is 1.69. The number of hydrogen-bond acceptors (Lipinski definition) is 7. The van der Waals surface area contributed by atoms with Crippen molar-refractivity contribution < 1.29 is 14.2 Å². The molecular weight excluding hydrogens is 348 g/mol. The van der Waals surface area contributed by atoms with Gasteiger partial charge in [0.15, 0.2) is 0 Å². The van der Waals surface area contributed by atoms with E-state index < -0.39 is 4.92 Å². The number of nitro groups is 1. The Balaban J connectivity index is 1.72. The predicted octanol–water partition coefficient (Wildman–Crippen LogP) is 3.85. The van der Waals surface area contributed by atoms with Crippen LogP contribution in [0.3, 0.4) is 0 Å². The average molecular weight is 368 g/mol. The molecule has 0 saturated carbocycles. The predicted molar refractivity (Wildman–Crippen MR) is 99.3 cm³/mol. The molecular formula is C19H20N4O4. The number of para-hydroxylation sites is 1. The second kappa shape index (κ2) is 7.96. The standard InChI is InChI=1S/C19H20N4O4/c1-13(16-6-4-5-7-17(16)26-3)22(2)12-18-20-19(21-27-18)14-8-10-15(11-9-14)23(24)25/h4-11,13H,12H2,1-3H3/t13-/m1/s1. The molecule has 0 unspecified atom stereocenters. The summed E-state index contributed by atoms with van der Waals surface area (Å²) in [6, 6.07) is 14.0. The molecule has 0 amide bonds. The van der Waals surface area contributed by atoms with Crippen molar-refractivity contribution in [2.75, 3.05) is 14.2 Å². The van der Waals surface area contributed by atoms with Crippen LogP contribution in [0.25, 0.3) is 11.4 Å². The van der Waals surface area contributed by atoms with E-state index in [0.717, 1.165) is 11.3 Å². The van der Waals surface area contributed by atoms with Gasteiger partial charge in [0.2, 0.25) is 11.7 Å². The van der Waals surface area contributed by atoms with Crippen LogP contribution in [-0.4, -0.2) is 34.1 Å². The number of ether oxygens (including phenoxy) is 1. The van der Waals surface area contributed by atoms with E-state index in [1.807, 2.05) is 31.3 Å². The Morgan fingerprint density at radius 3 is 2.59 bits per heavy atom. The summed E-state index contributed by atoms with van der Waals surface area (Å²) in [6.07, 6.45) is 0. The van der Waals surface area contributed by atoms with Crippen LogP contribution in [0, 0.1) is 10.1 Å². The highest BCUT2D eigenvalue weighted by Gasteiger charge is 2.19. The van der Waals surface area contributed by atoms with Crippen LogP contribution in [0.5, 0.6) is 5.75 Å². The fourth-order valence-corrected chi connectivity index (χ4v) is 2.77. The van der Waals surface area contributed by atoms with Crippen molar-refractivity contribution in [2.24, 2.45) is 0 Å². The molecule has 3 aromatic rings. The first-order chi connectivity index (χ1) is 13.0. The fourth-order valence-electron chi connectivity index (χ4n) is 2.77. The van der Waals surface area contributed by atoms with Gasteiger partial charge in [0.05, 0.1) is 18.6 Å². The topological polar surface area (TPSA) is 94.5 Å². The van der Waals surface area contributed by atoms with Gasteiger partial charge in [-0.05, 0) is 32.2 Å². The van der Waals surface area contributed by atoms with E-state index in [-0.39, 0.29) is 11.7 Å². The summed E-state index contributed by atoms with van der Waals surface area (Å²) < 4.78 is 10.8. The van der Waals surface area contributed by atoms with Crippen molar-refractivity contribution in [3.63, 3.8) is 0 Å². The zero-order chi connectivity index (χ0) is 19.4. The number of nitrogens with zero attached hydrogens (tertiary/aromatic N) is 4. The van der Waals surface area contributed by atoms with Gasteiger partial charge in [-0.1, -0.05) is 23.4 Å². The van der Waals surface area contributed by atoms with E-state index in [0.29, 0.717) is 23.8 Å². The SMILES string of the molecule is COc1ccccc1[C@@H](C)N(C)Cc1nc(-c2ccc([N+](=O)[O-])cc2)no1. The minimum Gasteiger partial charge on any atom is -0.496 e. The maximum Gasteiger partial charge on any atom is 0.269 e. The summed E-state index contributed by atoms with van der Waals surface area (Å²) in [4.78, 5) is 16.8. The third-order valence-electron chi connectivity index (χ3n) is 4.44. The van der Waals surface area contributed by atoms with E-state index in [2.05, 4.69) is 22.0 Å². The normalized spacial score (nSPS) is 12.1. The smallest absolute Gasteiger partial charge is 0.269 e. The number of hydrogen-bond donors (Lipinski definition) is 0. The van der Waals surface area contributed by atoms with Crippen molar-refractivity contribution in [1.82, 2.24) is 15.0 Å². The minimum atomic E-state index is -0.445. The first-order valence-electron chi connectivity index (χ1n) is 8.40. The molecule has 1 aromatic heterocycles. The number of benzene rings is 2. The highest BCUT2D eigenvalue weighted by atomic mass is 16.6. The molecule has 2 aromatic carbocycles. The molecule has 0 spiro atoms. The van der Waals surface area contributed by atoms with E-state index in [1.165, 1.54) is 12.1 Å². The Kier molecular flexibility index (Phi) is 5.46. The van der Waals surface area contributed by atoms with Crippen molar-refractivity contribution in [2.45, 2.75) is 19.5 Å². The third kappa shape index (κ3) is 4.12. The molecule has 0 aliphatic carbocycles. The molecule has 1 atom stereocenters. The van der Waals surface area contributed by atoms with Gasteiger partial charge in [0.1, 0.15) is 5.75 Å². The molecule has 0 aliphatic rings. The summed E-state index contributed by atoms with van der Waals surface area (Å²) in [5, 5.41) is 14.7. The first-order valence-corrected chi connectivity index (χ1v) is 8.40. The Hall–Kier alpha value is -3.26. The molecule has 27 heavy (non-hydrogen) atoms. The van der Waals surface area contributed by atoms with Crippen LogP contribution in [0.1, 0.15) is 24.4 Å².